The Balaban J connectivity index is 1.98. The van der Waals surface area contributed by atoms with E-state index in [0.717, 1.165) is 0 Å². The minimum absolute atomic E-state index is 0.187. The van der Waals surface area contributed by atoms with Crippen LogP contribution in [0.1, 0.15) is 34.6 Å². The molecule has 0 bridgehead atoms. The van der Waals surface area contributed by atoms with Gasteiger partial charge in [0.2, 0.25) is 0 Å². The summed E-state index contributed by atoms with van der Waals surface area (Å²) >= 11 is 0. The standard InChI is InChI=1S/C18H19N5O3/c1-3-22-12-13(10-19-22)17(24)21-16-15(18(25)26-4-2)11-20-23(16)14-8-6-5-7-9-14/h5-12H,3-4H2,1-2H3,(H,21,24). The number of esters is 1. The molecule has 2 heterocycles. The van der Waals surface area contributed by atoms with Crippen molar-refractivity contribution in [3.8, 4) is 5.69 Å². The lowest BCUT2D eigenvalue weighted by atomic mass is 10.2. The number of aryl methyl sites for hydroxylation is 1. The molecule has 3 rings (SSSR count). The Labute approximate surface area is 150 Å². The zero-order valence-electron chi connectivity index (χ0n) is 14.5. The van der Waals surface area contributed by atoms with Crippen LogP contribution in [0.2, 0.25) is 0 Å². The first-order valence-corrected chi connectivity index (χ1v) is 8.28. The quantitative estimate of drug-likeness (QED) is 0.688. The van der Waals surface area contributed by atoms with E-state index in [2.05, 4.69) is 15.5 Å². The second-order valence-corrected chi connectivity index (χ2v) is 5.41. The maximum absolute atomic E-state index is 12.6. The van der Waals surface area contributed by atoms with Crippen molar-refractivity contribution >= 4 is 17.7 Å². The van der Waals surface area contributed by atoms with Gasteiger partial charge in [0.1, 0.15) is 5.56 Å². The highest BCUT2D eigenvalue weighted by molar-refractivity contribution is 6.07. The SMILES string of the molecule is CCOC(=O)c1cnn(-c2ccccc2)c1NC(=O)c1cnn(CC)c1. The molecule has 8 nitrogen and oxygen atoms in total. The van der Waals surface area contributed by atoms with Gasteiger partial charge in [-0.2, -0.15) is 10.2 Å². The monoisotopic (exact) mass is 353 g/mol. The summed E-state index contributed by atoms with van der Waals surface area (Å²) in [6.45, 7) is 4.53. The molecule has 1 aromatic carbocycles. The topological polar surface area (TPSA) is 91.0 Å². The number of carbonyl (C=O) groups excluding carboxylic acids is 2. The van der Waals surface area contributed by atoms with Crippen molar-refractivity contribution in [1.82, 2.24) is 19.6 Å². The third-order valence-electron chi connectivity index (χ3n) is 3.72. The van der Waals surface area contributed by atoms with Crippen molar-refractivity contribution in [3.63, 3.8) is 0 Å². The normalized spacial score (nSPS) is 10.5. The van der Waals surface area contributed by atoms with Crippen LogP contribution in [-0.4, -0.2) is 38.0 Å². The van der Waals surface area contributed by atoms with Gasteiger partial charge in [-0.25, -0.2) is 9.48 Å². The van der Waals surface area contributed by atoms with Crippen molar-refractivity contribution in [2.75, 3.05) is 11.9 Å². The van der Waals surface area contributed by atoms with E-state index >= 15 is 0 Å². The number of hydrogen-bond donors (Lipinski definition) is 1. The van der Waals surface area contributed by atoms with Gasteiger partial charge in [0.15, 0.2) is 5.82 Å². The van der Waals surface area contributed by atoms with Crippen LogP contribution in [0.15, 0.2) is 48.9 Å². The average molecular weight is 353 g/mol. The molecule has 26 heavy (non-hydrogen) atoms. The molecule has 8 heteroatoms. The number of nitrogens with zero attached hydrogens (tertiary/aromatic N) is 4. The summed E-state index contributed by atoms with van der Waals surface area (Å²) in [6.07, 6.45) is 4.50. The molecular formula is C18H19N5O3. The molecule has 1 N–H and O–H groups in total. The van der Waals surface area contributed by atoms with E-state index in [4.69, 9.17) is 4.74 Å². The summed E-state index contributed by atoms with van der Waals surface area (Å²) in [4.78, 5) is 24.8. The Morgan fingerprint density at radius 1 is 1.12 bits per heavy atom. The zero-order valence-corrected chi connectivity index (χ0v) is 14.5. The van der Waals surface area contributed by atoms with Gasteiger partial charge in [0.05, 0.1) is 30.3 Å². The molecule has 2 aromatic heterocycles. The van der Waals surface area contributed by atoms with E-state index < -0.39 is 5.97 Å². The minimum atomic E-state index is -0.547. The Bertz CT molecular complexity index is 914. The van der Waals surface area contributed by atoms with Crippen molar-refractivity contribution in [2.45, 2.75) is 20.4 Å². The number of carbonyl (C=O) groups is 2. The molecule has 0 atom stereocenters. The third kappa shape index (κ3) is 3.49. The molecule has 0 unspecified atom stereocenters. The van der Waals surface area contributed by atoms with Gasteiger partial charge in [0, 0.05) is 12.7 Å². The van der Waals surface area contributed by atoms with Crippen molar-refractivity contribution < 1.29 is 14.3 Å². The van der Waals surface area contributed by atoms with Crippen LogP contribution in [0.25, 0.3) is 5.69 Å². The molecule has 0 aliphatic heterocycles. The van der Waals surface area contributed by atoms with Gasteiger partial charge in [-0.3, -0.25) is 9.48 Å². The van der Waals surface area contributed by atoms with Gasteiger partial charge in [-0.15, -0.1) is 0 Å². The lowest BCUT2D eigenvalue weighted by Gasteiger charge is -2.10. The molecule has 0 aliphatic rings. The number of benzene rings is 1. The summed E-state index contributed by atoms with van der Waals surface area (Å²) in [7, 11) is 0. The number of ether oxygens (including phenoxy) is 1. The molecule has 134 valence electrons. The molecular weight excluding hydrogens is 334 g/mol. The van der Waals surface area contributed by atoms with E-state index in [1.54, 1.807) is 17.8 Å². The van der Waals surface area contributed by atoms with Gasteiger partial charge in [-0.05, 0) is 26.0 Å². The van der Waals surface area contributed by atoms with E-state index in [9.17, 15) is 9.59 Å². The molecule has 1 amide bonds. The Kier molecular flexibility index (Phi) is 5.12. The second kappa shape index (κ2) is 7.64. The molecule has 0 saturated heterocycles. The predicted octanol–water partition coefficient (Wildman–Crippen LogP) is 2.52. The van der Waals surface area contributed by atoms with Crippen LogP contribution >= 0.6 is 0 Å². The van der Waals surface area contributed by atoms with Gasteiger partial charge >= 0.3 is 5.97 Å². The highest BCUT2D eigenvalue weighted by Crippen LogP contribution is 2.22. The van der Waals surface area contributed by atoms with Crippen molar-refractivity contribution in [1.29, 1.82) is 0 Å². The number of rotatable bonds is 6. The number of hydrogen-bond acceptors (Lipinski definition) is 5. The second-order valence-electron chi connectivity index (χ2n) is 5.41. The Hall–Kier alpha value is -3.42. The van der Waals surface area contributed by atoms with Gasteiger partial charge in [0.25, 0.3) is 5.91 Å². The summed E-state index contributed by atoms with van der Waals surface area (Å²) < 4.78 is 8.21. The van der Waals surface area contributed by atoms with Crippen LogP contribution < -0.4 is 5.32 Å². The van der Waals surface area contributed by atoms with Gasteiger partial charge in [-0.1, -0.05) is 18.2 Å². The summed E-state index contributed by atoms with van der Waals surface area (Å²) in [5, 5.41) is 11.1. The summed E-state index contributed by atoms with van der Waals surface area (Å²) in [5.41, 5.74) is 1.29. The molecule has 0 fully saturated rings. The van der Waals surface area contributed by atoms with Gasteiger partial charge < -0.3 is 10.1 Å². The molecule has 0 radical (unpaired) electrons. The number of aromatic nitrogens is 4. The predicted molar refractivity (Wildman–Crippen MR) is 95.4 cm³/mol. The molecule has 0 spiro atoms. The van der Waals surface area contributed by atoms with E-state index in [1.807, 2.05) is 37.3 Å². The van der Waals surface area contributed by atoms with Crippen LogP contribution in [0.5, 0.6) is 0 Å². The van der Waals surface area contributed by atoms with E-state index in [-0.39, 0.29) is 23.9 Å². The van der Waals surface area contributed by atoms with E-state index in [0.29, 0.717) is 17.8 Å². The number of anilines is 1. The maximum atomic E-state index is 12.6. The Morgan fingerprint density at radius 2 is 1.88 bits per heavy atom. The fourth-order valence-electron chi connectivity index (χ4n) is 2.43. The first kappa shape index (κ1) is 17.4. The zero-order chi connectivity index (χ0) is 18.5. The fourth-order valence-corrected chi connectivity index (χ4v) is 2.43. The molecule has 0 aliphatic carbocycles. The maximum Gasteiger partial charge on any atom is 0.343 e. The lowest BCUT2D eigenvalue weighted by Crippen LogP contribution is -2.17. The number of nitrogens with one attached hydrogen (secondary N) is 1. The first-order chi connectivity index (χ1) is 12.6. The largest absolute Gasteiger partial charge is 0.462 e. The minimum Gasteiger partial charge on any atom is -0.462 e. The third-order valence-corrected chi connectivity index (χ3v) is 3.72. The van der Waals surface area contributed by atoms with Crippen molar-refractivity contribution in [3.05, 3.63) is 60.0 Å². The highest BCUT2D eigenvalue weighted by Gasteiger charge is 2.22. The molecule has 3 aromatic rings. The Morgan fingerprint density at radius 3 is 2.54 bits per heavy atom. The summed E-state index contributed by atoms with van der Waals surface area (Å²) in [5.74, 6) is -0.675. The van der Waals surface area contributed by atoms with Crippen LogP contribution in [-0.2, 0) is 11.3 Å². The van der Waals surface area contributed by atoms with E-state index in [1.165, 1.54) is 17.1 Å². The van der Waals surface area contributed by atoms with Crippen LogP contribution in [0.3, 0.4) is 0 Å². The van der Waals surface area contributed by atoms with Crippen molar-refractivity contribution in [2.24, 2.45) is 0 Å². The summed E-state index contributed by atoms with van der Waals surface area (Å²) in [6, 6.07) is 9.21. The lowest BCUT2D eigenvalue weighted by molar-refractivity contribution is 0.0527. The number of para-hydroxylation sites is 1. The highest BCUT2D eigenvalue weighted by atomic mass is 16.5. The smallest absolute Gasteiger partial charge is 0.343 e. The average Bonchev–Trinajstić information content (AvgIpc) is 3.29. The number of amides is 1. The first-order valence-electron chi connectivity index (χ1n) is 8.28. The fraction of sp³-hybridized carbons (Fsp3) is 0.222. The van der Waals surface area contributed by atoms with Crippen LogP contribution in [0.4, 0.5) is 5.82 Å². The molecule has 0 saturated carbocycles. The van der Waals surface area contributed by atoms with Crippen LogP contribution in [0, 0.1) is 0 Å².